The number of carbonyl (C=O) groups excluding carboxylic acids is 2. The first-order chi connectivity index (χ1) is 15.7. The highest BCUT2D eigenvalue weighted by Gasteiger charge is 2.36. The Labute approximate surface area is 187 Å². The summed E-state index contributed by atoms with van der Waals surface area (Å²) in [6.45, 7) is 2.52. The monoisotopic (exact) mass is 458 g/mol. The quantitative estimate of drug-likeness (QED) is 0.646. The number of alkyl halides is 3. The van der Waals surface area contributed by atoms with Gasteiger partial charge in [0, 0.05) is 43.9 Å². The maximum absolute atomic E-state index is 13.6. The lowest BCUT2D eigenvalue weighted by Gasteiger charge is -2.30. The van der Waals surface area contributed by atoms with E-state index in [1.807, 2.05) is 0 Å². The highest BCUT2D eigenvalue weighted by molar-refractivity contribution is 5.92. The van der Waals surface area contributed by atoms with Crippen LogP contribution in [0.5, 0.6) is 0 Å². The first-order valence-electron chi connectivity index (χ1n) is 10.3. The van der Waals surface area contributed by atoms with E-state index in [0.717, 1.165) is 10.7 Å². The van der Waals surface area contributed by atoms with Crippen LogP contribution in [0.2, 0.25) is 0 Å². The minimum absolute atomic E-state index is 0.0188. The number of likely N-dealkylation sites (tertiary alicyclic amines) is 1. The van der Waals surface area contributed by atoms with Gasteiger partial charge in [-0.15, -0.1) is 0 Å². The van der Waals surface area contributed by atoms with Gasteiger partial charge in [0.05, 0.1) is 17.6 Å². The fraction of sp³-hybridized carbons (Fsp3) is 0.318. The van der Waals surface area contributed by atoms with Crippen molar-refractivity contribution in [2.75, 3.05) is 18.4 Å². The van der Waals surface area contributed by atoms with Crippen LogP contribution in [0.15, 0.2) is 48.9 Å². The fourth-order valence-electron chi connectivity index (χ4n) is 3.71. The van der Waals surface area contributed by atoms with Crippen LogP contribution >= 0.6 is 0 Å². The van der Waals surface area contributed by atoms with E-state index in [2.05, 4.69) is 20.4 Å². The largest absolute Gasteiger partial charge is 0.433 e. The lowest BCUT2D eigenvalue weighted by atomic mass is 9.96. The molecule has 0 aromatic carbocycles. The van der Waals surface area contributed by atoms with Gasteiger partial charge in [-0.2, -0.15) is 18.3 Å². The summed E-state index contributed by atoms with van der Waals surface area (Å²) < 4.78 is 41.6. The Morgan fingerprint density at radius 2 is 1.88 bits per heavy atom. The van der Waals surface area contributed by atoms with Crippen molar-refractivity contribution in [3.05, 3.63) is 54.6 Å². The lowest BCUT2D eigenvalue weighted by Crippen LogP contribution is -2.40. The first kappa shape index (κ1) is 22.4. The molecule has 1 saturated heterocycles. The number of halogens is 3. The Hall–Kier alpha value is -3.76. The minimum Gasteiger partial charge on any atom is -0.343 e. The SMILES string of the molecule is CC(=O)N1CCC(C(=O)Nc2ccc(-n3nc(-c4cccnc4)cc3C(F)(F)F)cn2)CC1. The molecular formula is C22H21F3N6O2. The molecule has 1 aliphatic rings. The van der Waals surface area contributed by atoms with Gasteiger partial charge < -0.3 is 10.2 Å². The summed E-state index contributed by atoms with van der Waals surface area (Å²) in [6, 6.07) is 7.04. The van der Waals surface area contributed by atoms with E-state index in [4.69, 9.17) is 0 Å². The predicted octanol–water partition coefficient (Wildman–Crippen LogP) is 3.55. The molecule has 11 heteroatoms. The van der Waals surface area contributed by atoms with Crippen LogP contribution < -0.4 is 5.32 Å². The van der Waals surface area contributed by atoms with Gasteiger partial charge in [0.15, 0.2) is 0 Å². The number of hydrogen-bond donors (Lipinski definition) is 1. The summed E-state index contributed by atoms with van der Waals surface area (Å²) in [5, 5.41) is 6.80. The van der Waals surface area contributed by atoms with Gasteiger partial charge in [0.1, 0.15) is 11.5 Å². The minimum atomic E-state index is -4.63. The maximum Gasteiger partial charge on any atom is 0.433 e. The molecule has 1 aliphatic heterocycles. The van der Waals surface area contributed by atoms with Gasteiger partial charge >= 0.3 is 6.18 Å². The molecule has 0 atom stereocenters. The third kappa shape index (κ3) is 5.02. The van der Waals surface area contributed by atoms with Gasteiger partial charge in [0.25, 0.3) is 0 Å². The van der Waals surface area contributed by atoms with E-state index in [1.54, 1.807) is 17.0 Å². The number of nitrogens with one attached hydrogen (secondary N) is 1. The van der Waals surface area contributed by atoms with Gasteiger partial charge in [-0.1, -0.05) is 0 Å². The van der Waals surface area contributed by atoms with Gasteiger partial charge in [-0.3, -0.25) is 14.6 Å². The zero-order valence-electron chi connectivity index (χ0n) is 17.7. The Morgan fingerprint density at radius 1 is 1.12 bits per heavy atom. The normalized spacial score (nSPS) is 14.8. The second kappa shape index (κ2) is 9.00. The van der Waals surface area contributed by atoms with Crippen LogP contribution in [0.25, 0.3) is 16.9 Å². The third-order valence-corrected chi connectivity index (χ3v) is 5.51. The fourth-order valence-corrected chi connectivity index (χ4v) is 3.71. The summed E-state index contributed by atoms with van der Waals surface area (Å²) in [4.78, 5) is 33.7. The highest BCUT2D eigenvalue weighted by Crippen LogP contribution is 2.34. The topological polar surface area (TPSA) is 93.0 Å². The molecule has 0 aliphatic carbocycles. The van der Waals surface area contributed by atoms with E-state index in [9.17, 15) is 22.8 Å². The maximum atomic E-state index is 13.6. The number of hydrogen-bond acceptors (Lipinski definition) is 5. The van der Waals surface area contributed by atoms with Gasteiger partial charge in [0.2, 0.25) is 11.8 Å². The van der Waals surface area contributed by atoms with Crippen molar-refractivity contribution in [2.24, 2.45) is 5.92 Å². The highest BCUT2D eigenvalue weighted by atomic mass is 19.4. The van der Waals surface area contributed by atoms with Crippen molar-refractivity contribution in [1.82, 2.24) is 24.6 Å². The Kier molecular flexibility index (Phi) is 6.12. The molecule has 0 saturated carbocycles. The van der Waals surface area contributed by atoms with Crippen molar-refractivity contribution in [3.63, 3.8) is 0 Å². The molecule has 2 amide bonds. The number of carbonyl (C=O) groups is 2. The van der Waals surface area contributed by atoms with Crippen LogP contribution in [0.1, 0.15) is 25.5 Å². The van der Waals surface area contributed by atoms with Crippen LogP contribution in [-0.4, -0.2) is 49.6 Å². The predicted molar refractivity (Wildman–Crippen MR) is 113 cm³/mol. The second-order valence-corrected chi connectivity index (χ2v) is 7.74. The smallest absolute Gasteiger partial charge is 0.343 e. The van der Waals surface area contributed by atoms with Crippen LogP contribution in [0.4, 0.5) is 19.0 Å². The summed E-state index contributed by atoms with van der Waals surface area (Å²) in [5.74, 6) is -0.278. The number of piperidine rings is 1. The molecule has 0 radical (unpaired) electrons. The molecule has 1 fully saturated rings. The second-order valence-electron chi connectivity index (χ2n) is 7.74. The van der Waals surface area contributed by atoms with E-state index >= 15 is 0 Å². The Morgan fingerprint density at radius 3 is 2.45 bits per heavy atom. The first-order valence-corrected chi connectivity index (χ1v) is 10.3. The standard InChI is InChI=1S/C22H21F3N6O2/c1-14(32)30-9-6-15(7-10-30)21(33)28-20-5-4-17(13-27-20)31-19(22(23,24)25)11-18(29-31)16-3-2-8-26-12-16/h2-5,8,11-13,15H,6-7,9-10H2,1H3,(H,27,28,33). The van der Waals surface area contributed by atoms with Crippen LogP contribution in [0, 0.1) is 5.92 Å². The zero-order chi connectivity index (χ0) is 23.6. The molecule has 3 aromatic heterocycles. The molecule has 4 rings (SSSR count). The zero-order valence-corrected chi connectivity index (χ0v) is 17.7. The molecular weight excluding hydrogens is 437 g/mol. The van der Waals surface area contributed by atoms with Crippen LogP contribution in [-0.2, 0) is 15.8 Å². The average molecular weight is 458 g/mol. The van der Waals surface area contributed by atoms with E-state index in [0.29, 0.717) is 31.5 Å². The molecule has 3 aromatic rings. The average Bonchev–Trinajstić information content (AvgIpc) is 3.26. The van der Waals surface area contributed by atoms with Gasteiger partial charge in [-0.05, 0) is 43.2 Å². The molecule has 0 unspecified atom stereocenters. The summed E-state index contributed by atoms with van der Waals surface area (Å²) in [5.41, 5.74) is -0.262. The molecule has 0 bridgehead atoms. The Balaban J connectivity index is 1.51. The molecule has 33 heavy (non-hydrogen) atoms. The summed E-state index contributed by atoms with van der Waals surface area (Å²) in [6.07, 6.45) is 0.642. The van der Waals surface area contributed by atoms with Crippen molar-refractivity contribution in [1.29, 1.82) is 0 Å². The van der Waals surface area contributed by atoms with Crippen molar-refractivity contribution < 1.29 is 22.8 Å². The number of nitrogens with zero attached hydrogens (tertiary/aromatic N) is 5. The van der Waals surface area contributed by atoms with Crippen molar-refractivity contribution in [3.8, 4) is 16.9 Å². The van der Waals surface area contributed by atoms with E-state index in [-0.39, 0.29) is 34.9 Å². The van der Waals surface area contributed by atoms with Gasteiger partial charge in [-0.25, -0.2) is 9.67 Å². The third-order valence-electron chi connectivity index (χ3n) is 5.51. The number of amides is 2. The number of rotatable bonds is 4. The lowest BCUT2D eigenvalue weighted by molar-refractivity contribution is -0.142. The molecule has 8 nitrogen and oxygen atoms in total. The van der Waals surface area contributed by atoms with E-state index in [1.165, 1.54) is 37.6 Å². The van der Waals surface area contributed by atoms with Crippen molar-refractivity contribution in [2.45, 2.75) is 25.9 Å². The molecule has 0 spiro atoms. The van der Waals surface area contributed by atoms with Crippen LogP contribution in [0.3, 0.4) is 0 Å². The molecule has 1 N–H and O–H groups in total. The number of pyridine rings is 2. The summed E-state index contributed by atoms with van der Waals surface area (Å²) in [7, 11) is 0. The molecule has 172 valence electrons. The van der Waals surface area contributed by atoms with E-state index < -0.39 is 11.9 Å². The van der Waals surface area contributed by atoms with Crippen molar-refractivity contribution >= 4 is 17.6 Å². The number of aromatic nitrogens is 4. The number of anilines is 1. The molecule has 4 heterocycles. The summed E-state index contributed by atoms with van der Waals surface area (Å²) >= 11 is 0. The Bertz CT molecular complexity index is 1140.